The van der Waals surface area contributed by atoms with E-state index in [2.05, 4.69) is 9.55 Å². The van der Waals surface area contributed by atoms with E-state index in [0.717, 1.165) is 44.6 Å². The van der Waals surface area contributed by atoms with E-state index >= 15 is 0 Å². The average molecular weight is 378 g/mol. The van der Waals surface area contributed by atoms with Crippen molar-refractivity contribution in [1.29, 1.82) is 0 Å². The Morgan fingerprint density at radius 1 is 0.963 bits per heavy atom. The monoisotopic (exact) mass is 377 g/mol. The van der Waals surface area contributed by atoms with Crippen molar-refractivity contribution >= 4 is 22.8 Å². The SMILES string of the molecule is Clc1ccc(Cn2c(-c3ccc4c(c3)OCCO4)nc3ncccc32)cc1. The van der Waals surface area contributed by atoms with Gasteiger partial charge in [0.15, 0.2) is 17.1 Å². The highest BCUT2D eigenvalue weighted by Gasteiger charge is 2.17. The summed E-state index contributed by atoms with van der Waals surface area (Å²) in [5, 5.41) is 0.725. The van der Waals surface area contributed by atoms with Crippen LogP contribution in [0.1, 0.15) is 5.56 Å². The van der Waals surface area contributed by atoms with Crippen LogP contribution in [0.3, 0.4) is 0 Å². The van der Waals surface area contributed by atoms with Crippen LogP contribution in [0.15, 0.2) is 60.8 Å². The maximum absolute atomic E-state index is 6.03. The lowest BCUT2D eigenvalue weighted by Crippen LogP contribution is -2.15. The van der Waals surface area contributed by atoms with E-state index in [1.165, 1.54) is 0 Å². The fraction of sp³-hybridized carbons (Fsp3) is 0.143. The predicted octanol–water partition coefficient (Wildman–Crippen LogP) is 4.57. The molecule has 0 amide bonds. The number of benzene rings is 2. The third-order valence-electron chi connectivity index (χ3n) is 4.58. The Morgan fingerprint density at radius 3 is 2.63 bits per heavy atom. The Bertz CT molecular complexity index is 1120. The van der Waals surface area contributed by atoms with Crippen LogP contribution in [0.4, 0.5) is 0 Å². The van der Waals surface area contributed by atoms with Crippen molar-refractivity contribution in [2.24, 2.45) is 0 Å². The number of ether oxygens (including phenoxy) is 2. The van der Waals surface area contributed by atoms with Crippen LogP contribution >= 0.6 is 11.6 Å². The molecule has 27 heavy (non-hydrogen) atoms. The van der Waals surface area contributed by atoms with Gasteiger partial charge in [-0.3, -0.25) is 0 Å². The van der Waals surface area contributed by atoms with Gasteiger partial charge < -0.3 is 14.0 Å². The summed E-state index contributed by atoms with van der Waals surface area (Å²) in [5.41, 5.74) is 3.81. The van der Waals surface area contributed by atoms with Crippen molar-refractivity contribution in [3.63, 3.8) is 0 Å². The highest BCUT2D eigenvalue weighted by molar-refractivity contribution is 6.30. The predicted molar refractivity (Wildman–Crippen MR) is 105 cm³/mol. The van der Waals surface area contributed by atoms with Crippen LogP contribution < -0.4 is 9.47 Å². The molecule has 134 valence electrons. The molecule has 2 aromatic carbocycles. The van der Waals surface area contributed by atoms with Gasteiger partial charge in [-0.15, -0.1) is 0 Å². The molecule has 0 bridgehead atoms. The number of halogens is 1. The van der Waals surface area contributed by atoms with Gasteiger partial charge >= 0.3 is 0 Å². The molecule has 0 atom stereocenters. The Kier molecular flexibility index (Phi) is 3.94. The van der Waals surface area contributed by atoms with Crippen molar-refractivity contribution in [1.82, 2.24) is 14.5 Å². The number of nitrogens with zero attached hydrogens (tertiary/aromatic N) is 3. The zero-order chi connectivity index (χ0) is 18.2. The van der Waals surface area contributed by atoms with Crippen LogP contribution in [-0.4, -0.2) is 27.7 Å². The topological polar surface area (TPSA) is 49.2 Å². The second-order valence-corrected chi connectivity index (χ2v) is 6.79. The van der Waals surface area contributed by atoms with Gasteiger partial charge in [0.05, 0.1) is 5.52 Å². The van der Waals surface area contributed by atoms with Gasteiger partial charge in [-0.2, -0.15) is 0 Å². The number of hydrogen-bond acceptors (Lipinski definition) is 4. The number of rotatable bonds is 3. The zero-order valence-corrected chi connectivity index (χ0v) is 15.2. The largest absolute Gasteiger partial charge is 0.486 e. The van der Waals surface area contributed by atoms with Gasteiger partial charge in [-0.1, -0.05) is 23.7 Å². The first-order chi connectivity index (χ1) is 13.3. The molecule has 5 nitrogen and oxygen atoms in total. The summed E-state index contributed by atoms with van der Waals surface area (Å²) in [7, 11) is 0. The van der Waals surface area contributed by atoms with Gasteiger partial charge in [0.25, 0.3) is 0 Å². The van der Waals surface area contributed by atoms with E-state index in [9.17, 15) is 0 Å². The molecule has 1 aliphatic rings. The summed E-state index contributed by atoms with van der Waals surface area (Å²) in [6.07, 6.45) is 1.76. The minimum Gasteiger partial charge on any atom is -0.486 e. The van der Waals surface area contributed by atoms with E-state index in [-0.39, 0.29) is 0 Å². The van der Waals surface area contributed by atoms with Crippen molar-refractivity contribution < 1.29 is 9.47 Å². The molecule has 0 radical (unpaired) electrons. The lowest BCUT2D eigenvalue weighted by molar-refractivity contribution is 0.171. The third kappa shape index (κ3) is 3.00. The number of fused-ring (bicyclic) bond motifs is 2. The van der Waals surface area contributed by atoms with Gasteiger partial charge in [-0.05, 0) is 48.0 Å². The van der Waals surface area contributed by atoms with E-state index in [1.807, 2.05) is 54.6 Å². The third-order valence-corrected chi connectivity index (χ3v) is 4.83. The average Bonchev–Trinajstić information content (AvgIpc) is 3.08. The first-order valence-electron chi connectivity index (χ1n) is 8.74. The normalized spacial score (nSPS) is 13.1. The summed E-state index contributed by atoms with van der Waals surface area (Å²) >= 11 is 6.03. The van der Waals surface area contributed by atoms with Crippen LogP contribution in [0.2, 0.25) is 5.02 Å². The standard InChI is InChI=1S/C21H16ClN3O2/c22-16-6-3-14(4-7-16)13-25-17-2-1-9-23-20(17)24-21(25)15-5-8-18-19(12-15)27-11-10-26-18/h1-9,12H,10-11,13H2. The van der Waals surface area contributed by atoms with E-state index in [0.29, 0.717) is 19.8 Å². The summed E-state index contributed by atoms with van der Waals surface area (Å²) in [6.45, 7) is 1.80. The Labute approximate surface area is 161 Å². The van der Waals surface area contributed by atoms with Crippen LogP contribution in [0.5, 0.6) is 11.5 Å². The molecule has 0 saturated carbocycles. The molecule has 0 unspecified atom stereocenters. The molecule has 0 N–H and O–H groups in total. The Morgan fingerprint density at radius 2 is 1.78 bits per heavy atom. The molecule has 5 rings (SSSR count). The van der Waals surface area contributed by atoms with Gasteiger partial charge in [0.2, 0.25) is 0 Å². The molecular weight excluding hydrogens is 362 g/mol. The van der Waals surface area contributed by atoms with Gasteiger partial charge in [-0.25, -0.2) is 9.97 Å². The first kappa shape index (κ1) is 16.1. The van der Waals surface area contributed by atoms with Crippen molar-refractivity contribution in [2.45, 2.75) is 6.54 Å². The van der Waals surface area contributed by atoms with Crippen LogP contribution in [0, 0.1) is 0 Å². The number of imidazole rings is 1. The molecular formula is C21H16ClN3O2. The molecule has 0 saturated heterocycles. The van der Waals surface area contributed by atoms with Crippen molar-refractivity contribution in [3.8, 4) is 22.9 Å². The molecule has 0 aliphatic carbocycles. The zero-order valence-electron chi connectivity index (χ0n) is 14.4. The summed E-state index contributed by atoms with van der Waals surface area (Å²) < 4.78 is 13.5. The highest BCUT2D eigenvalue weighted by atomic mass is 35.5. The fourth-order valence-corrected chi connectivity index (χ4v) is 3.42. The quantitative estimate of drug-likeness (QED) is 0.524. The van der Waals surface area contributed by atoms with Crippen LogP contribution in [0.25, 0.3) is 22.6 Å². The van der Waals surface area contributed by atoms with Gasteiger partial charge in [0, 0.05) is 23.3 Å². The lowest BCUT2D eigenvalue weighted by atomic mass is 10.1. The first-order valence-corrected chi connectivity index (χ1v) is 9.11. The van der Waals surface area contributed by atoms with E-state index in [4.69, 9.17) is 26.1 Å². The number of hydrogen-bond donors (Lipinski definition) is 0. The molecule has 6 heteroatoms. The van der Waals surface area contributed by atoms with Crippen LogP contribution in [-0.2, 0) is 6.54 Å². The molecule has 3 heterocycles. The minimum atomic E-state index is 0.555. The fourth-order valence-electron chi connectivity index (χ4n) is 3.30. The molecule has 0 spiro atoms. The van der Waals surface area contributed by atoms with Crippen molar-refractivity contribution in [2.75, 3.05) is 13.2 Å². The summed E-state index contributed by atoms with van der Waals surface area (Å²) in [6, 6.07) is 17.7. The summed E-state index contributed by atoms with van der Waals surface area (Å²) in [4.78, 5) is 9.20. The molecule has 1 aliphatic heterocycles. The minimum absolute atomic E-state index is 0.555. The molecule has 4 aromatic rings. The van der Waals surface area contributed by atoms with E-state index in [1.54, 1.807) is 6.20 Å². The number of aromatic nitrogens is 3. The van der Waals surface area contributed by atoms with E-state index < -0.39 is 0 Å². The molecule has 2 aromatic heterocycles. The highest BCUT2D eigenvalue weighted by Crippen LogP contribution is 2.35. The van der Waals surface area contributed by atoms with Crippen molar-refractivity contribution in [3.05, 3.63) is 71.4 Å². The molecule has 0 fully saturated rings. The Balaban J connectivity index is 1.64. The lowest BCUT2D eigenvalue weighted by Gasteiger charge is -2.19. The second kappa shape index (κ2) is 6.59. The Hall–Kier alpha value is -3.05. The smallest absolute Gasteiger partial charge is 0.178 e. The van der Waals surface area contributed by atoms with Gasteiger partial charge in [0.1, 0.15) is 19.0 Å². The summed E-state index contributed by atoms with van der Waals surface area (Å²) in [5.74, 6) is 2.36. The second-order valence-electron chi connectivity index (χ2n) is 6.35. The number of pyridine rings is 1. The maximum Gasteiger partial charge on any atom is 0.178 e. The maximum atomic E-state index is 6.03.